The van der Waals surface area contributed by atoms with Crippen molar-refractivity contribution in [3.63, 3.8) is 0 Å². The number of aromatic nitrogens is 1. The number of rotatable bonds is 2. The molecule has 3 aromatic rings. The first-order valence-electron chi connectivity index (χ1n) is 6.37. The van der Waals surface area contributed by atoms with Crippen molar-refractivity contribution in [1.29, 1.82) is 0 Å². The molecule has 1 heterocycles. The van der Waals surface area contributed by atoms with Crippen LogP contribution in [0.2, 0.25) is 5.02 Å². The van der Waals surface area contributed by atoms with Crippen molar-refractivity contribution < 1.29 is 9.21 Å². The minimum absolute atomic E-state index is 0.423. The summed E-state index contributed by atoms with van der Waals surface area (Å²) in [6, 6.07) is 12.1. The Morgan fingerprint density at radius 3 is 2.61 bits per heavy atom. The van der Waals surface area contributed by atoms with Crippen LogP contribution in [0.4, 0.5) is 5.69 Å². The molecule has 3 rings (SSSR count). The lowest BCUT2D eigenvalue weighted by Crippen LogP contribution is -2.26. The molecule has 0 aliphatic rings. The van der Waals surface area contributed by atoms with Crippen molar-refractivity contribution in [2.45, 2.75) is 3.79 Å². The van der Waals surface area contributed by atoms with E-state index < -0.39 is 9.70 Å². The lowest BCUT2D eigenvalue weighted by molar-refractivity contribution is -0.115. The molecule has 0 saturated heterocycles. The number of hydrogen-bond donors (Lipinski definition) is 1. The number of nitrogens with one attached hydrogen (secondary N) is 1. The lowest BCUT2D eigenvalue weighted by atomic mass is 10.2. The van der Waals surface area contributed by atoms with Gasteiger partial charge in [0.2, 0.25) is 5.89 Å². The number of halogens is 4. The fourth-order valence-corrected chi connectivity index (χ4v) is 2.28. The topological polar surface area (TPSA) is 55.1 Å². The van der Waals surface area contributed by atoms with Gasteiger partial charge in [-0.15, -0.1) is 0 Å². The van der Waals surface area contributed by atoms with Gasteiger partial charge in [0.1, 0.15) is 5.52 Å². The van der Waals surface area contributed by atoms with Gasteiger partial charge in [-0.05, 0) is 36.4 Å². The minimum Gasteiger partial charge on any atom is -0.436 e. The molecule has 0 radical (unpaired) electrons. The zero-order chi connectivity index (χ0) is 16.6. The summed E-state index contributed by atoms with van der Waals surface area (Å²) >= 11 is 22.5. The van der Waals surface area contributed by atoms with E-state index in [9.17, 15) is 4.79 Å². The van der Waals surface area contributed by atoms with Crippen LogP contribution in [0, 0.1) is 0 Å². The van der Waals surface area contributed by atoms with Gasteiger partial charge in [0.05, 0.1) is 0 Å². The molecule has 0 aliphatic carbocycles. The zero-order valence-electron chi connectivity index (χ0n) is 11.3. The summed E-state index contributed by atoms with van der Waals surface area (Å²) < 4.78 is 3.64. The molecule has 2 aromatic carbocycles. The van der Waals surface area contributed by atoms with Crippen LogP contribution in [0.15, 0.2) is 46.9 Å². The smallest absolute Gasteiger partial charge is 0.276 e. The van der Waals surface area contributed by atoms with Gasteiger partial charge in [-0.1, -0.05) is 52.5 Å². The largest absolute Gasteiger partial charge is 0.436 e. The summed E-state index contributed by atoms with van der Waals surface area (Å²) in [5.41, 5.74) is 2.31. The molecule has 4 nitrogen and oxygen atoms in total. The normalized spacial score (nSPS) is 11.7. The second-order valence-corrected chi connectivity index (χ2v) is 7.38. The number of carbonyl (C=O) groups is 1. The van der Waals surface area contributed by atoms with Gasteiger partial charge in [-0.3, -0.25) is 4.79 Å². The van der Waals surface area contributed by atoms with Crippen LogP contribution in [-0.4, -0.2) is 14.7 Å². The van der Waals surface area contributed by atoms with E-state index in [1.165, 1.54) is 0 Å². The van der Waals surface area contributed by atoms with Crippen molar-refractivity contribution in [2.75, 3.05) is 5.32 Å². The number of alkyl halides is 3. The highest BCUT2D eigenvalue weighted by molar-refractivity contribution is 6.76. The molecule has 0 spiro atoms. The number of nitrogens with zero attached hydrogens (tertiary/aromatic N) is 1. The van der Waals surface area contributed by atoms with Crippen molar-refractivity contribution in [1.82, 2.24) is 4.98 Å². The second kappa shape index (κ2) is 6.21. The summed E-state index contributed by atoms with van der Waals surface area (Å²) in [6.07, 6.45) is 0. The van der Waals surface area contributed by atoms with Crippen LogP contribution < -0.4 is 5.32 Å². The van der Waals surface area contributed by atoms with Crippen LogP contribution in [-0.2, 0) is 4.79 Å². The van der Waals surface area contributed by atoms with Crippen LogP contribution >= 0.6 is 46.4 Å². The predicted octanol–water partition coefficient (Wildman–Crippen LogP) is 5.46. The molecule has 0 aliphatic heterocycles. The van der Waals surface area contributed by atoms with Gasteiger partial charge in [0.25, 0.3) is 9.70 Å². The first kappa shape index (κ1) is 16.4. The third kappa shape index (κ3) is 3.72. The summed E-state index contributed by atoms with van der Waals surface area (Å²) in [5.74, 6) is -0.326. The number of hydrogen-bond acceptors (Lipinski definition) is 3. The highest BCUT2D eigenvalue weighted by Gasteiger charge is 2.30. The molecule has 0 atom stereocenters. The Labute approximate surface area is 151 Å². The van der Waals surface area contributed by atoms with Crippen LogP contribution in [0.25, 0.3) is 22.6 Å². The highest BCUT2D eigenvalue weighted by atomic mass is 35.6. The molecule has 1 amide bonds. The van der Waals surface area contributed by atoms with Gasteiger partial charge >= 0.3 is 0 Å². The maximum atomic E-state index is 11.7. The van der Waals surface area contributed by atoms with E-state index in [1.807, 2.05) is 6.07 Å². The Morgan fingerprint density at radius 1 is 1.13 bits per heavy atom. The molecule has 23 heavy (non-hydrogen) atoms. The Hall–Kier alpha value is -1.46. The monoisotopic (exact) mass is 388 g/mol. The molecular formula is C15H8Cl4N2O2. The average Bonchev–Trinajstić information content (AvgIpc) is 2.89. The summed E-state index contributed by atoms with van der Waals surface area (Å²) in [7, 11) is 0. The van der Waals surface area contributed by atoms with Gasteiger partial charge in [-0.2, -0.15) is 0 Å². The Balaban J connectivity index is 1.94. The number of carbonyl (C=O) groups excluding carboxylic acids is 1. The average molecular weight is 390 g/mol. The standard InChI is InChI=1S/C15H8Cl4N2O2/c16-9-3-1-2-8(6-9)13-21-11-7-10(4-5-12(11)23-13)20-14(22)15(17,18)19/h1-7H,(H,20,22). The first-order valence-corrected chi connectivity index (χ1v) is 7.89. The summed E-state index contributed by atoms with van der Waals surface area (Å²) in [4.78, 5) is 16.0. The van der Waals surface area contributed by atoms with Crippen LogP contribution in [0.1, 0.15) is 0 Å². The van der Waals surface area contributed by atoms with Crippen molar-refractivity contribution in [2.24, 2.45) is 0 Å². The Bertz CT molecular complexity index is 887. The van der Waals surface area contributed by atoms with E-state index in [4.69, 9.17) is 50.8 Å². The first-order chi connectivity index (χ1) is 10.8. The van der Waals surface area contributed by atoms with Gasteiger partial charge in [0.15, 0.2) is 5.58 Å². The molecule has 8 heteroatoms. The Kier molecular flexibility index (Phi) is 4.43. The molecule has 1 aromatic heterocycles. The third-order valence-electron chi connectivity index (χ3n) is 2.97. The van der Waals surface area contributed by atoms with E-state index in [2.05, 4.69) is 10.3 Å². The summed E-state index contributed by atoms with van der Waals surface area (Å²) in [5, 5.41) is 3.08. The zero-order valence-corrected chi connectivity index (χ0v) is 14.3. The van der Waals surface area contributed by atoms with Crippen LogP contribution in [0.5, 0.6) is 0 Å². The van der Waals surface area contributed by atoms with Crippen molar-refractivity contribution >= 4 is 69.1 Å². The van der Waals surface area contributed by atoms with Gasteiger partial charge < -0.3 is 9.73 Å². The second-order valence-electron chi connectivity index (χ2n) is 4.66. The number of amides is 1. The van der Waals surface area contributed by atoms with Crippen LogP contribution in [0.3, 0.4) is 0 Å². The molecule has 0 bridgehead atoms. The molecule has 0 fully saturated rings. The van der Waals surface area contributed by atoms with Gasteiger partial charge in [0, 0.05) is 16.3 Å². The number of fused-ring (bicyclic) bond motifs is 1. The Morgan fingerprint density at radius 2 is 1.91 bits per heavy atom. The van der Waals surface area contributed by atoms with E-state index in [0.717, 1.165) is 5.56 Å². The SMILES string of the molecule is O=C(Nc1ccc2oc(-c3cccc(Cl)c3)nc2c1)C(Cl)(Cl)Cl. The quantitative estimate of drug-likeness (QED) is 0.592. The van der Waals surface area contributed by atoms with E-state index in [0.29, 0.717) is 27.7 Å². The summed E-state index contributed by atoms with van der Waals surface area (Å²) in [6.45, 7) is 0. The molecule has 0 unspecified atom stereocenters. The molecule has 118 valence electrons. The van der Waals surface area contributed by atoms with E-state index in [-0.39, 0.29) is 0 Å². The predicted molar refractivity (Wildman–Crippen MR) is 93.4 cm³/mol. The number of benzene rings is 2. The number of anilines is 1. The fourth-order valence-electron chi connectivity index (χ4n) is 1.95. The maximum Gasteiger partial charge on any atom is 0.276 e. The molecule has 1 N–H and O–H groups in total. The van der Waals surface area contributed by atoms with Crippen molar-refractivity contribution in [3.05, 3.63) is 47.5 Å². The lowest BCUT2D eigenvalue weighted by Gasteiger charge is -2.10. The highest BCUT2D eigenvalue weighted by Crippen LogP contribution is 2.30. The van der Waals surface area contributed by atoms with E-state index in [1.54, 1.807) is 36.4 Å². The van der Waals surface area contributed by atoms with Gasteiger partial charge in [-0.25, -0.2) is 4.98 Å². The fraction of sp³-hybridized carbons (Fsp3) is 0.0667. The molecule has 0 saturated carbocycles. The molecular weight excluding hydrogens is 382 g/mol. The minimum atomic E-state index is -2.04. The number of oxazole rings is 1. The van der Waals surface area contributed by atoms with Crippen molar-refractivity contribution in [3.8, 4) is 11.5 Å². The third-order valence-corrected chi connectivity index (χ3v) is 3.72. The van der Waals surface area contributed by atoms with E-state index >= 15 is 0 Å². The maximum absolute atomic E-state index is 11.7.